The first kappa shape index (κ1) is 20.8. The second-order valence-electron chi connectivity index (χ2n) is 8.40. The number of aromatic nitrogens is 4. The van der Waals surface area contributed by atoms with Crippen LogP contribution in [0.25, 0.3) is 11.2 Å². The van der Waals surface area contributed by atoms with Gasteiger partial charge in [-0.05, 0) is 57.4 Å². The van der Waals surface area contributed by atoms with E-state index in [9.17, 15) is 4.79 Å². The third-order valence-corrected chi connectivity index (χ3v) is 5.95. The van der Waals surface area contributed by atoms with E-state index in [0.29, 0.717) is 29.5 Å². The second-order valence-corrected chi connectivity index (χ2v) is 8.40. The third-order valence-electron chi connectivity index (χ3n) is 5.95. The molecule has 0 saturated carbocycles. The maximum absolute atomic E-state index is 11.6. The molecule has 2 atom stereocenters. The highest BCUT2D eigenvalue weighted by Gasteiger charge is 2.25. The Morgan fingerprint density at radius 3 is 2.69 bits per heavy atom. The van der Waals surface area contributed by atoms with E-state index in [2.05, 4.69) is 22.1 Å². The van der Waals surface area contributed by atoms with Crippen LogP contribution in [0.2, 0.25) is 0 Å². The molecule has 2 aliphatic heterocycles. The van der Waals surface area contributed by atoms with Gasteiger partial charge >= 0.3 is 0 Å². The van der Waals surface area contributed by atoms with Gasteiger partial charge in [0.15, 0.2) is 22.8 Å². The summed E-state index contributed by atoms with van der Waals surface area (Å²) in [5.74, 6) is 1.32. The number of hydrogen-bond donors (Lipinski definition) is 1. The molecule has 2 aliphatic rings. The summed E-state index contributed by atoms with van der Waals surface area (Å²) in [6.07, 6.45) is 4.99. The van der Waals surface area contributed by atoms with E-state index in [4.69, 9.17) is 19.4 Å². The fourth-order valence-electron chi connectivity index (χ4n) is 4.21. The maximum Gasteiger partial charge on any atom is 0.229 e. The van der Waals surface area contributed by atoms with Crippen LogP contribution in [0, 0.1) is 0 Å². The number of anilines is 3. The van der Waals surface area contributed by atoms with E-state index in [-0.39, 0.29) is 18.1 Å². The van der Waals surface area contributed by atoms with Crippen LogP contribution in [0.15, 0.2) is 30.6 Å². The fraction of sp³-hybridized carbons (Fsp3) is 0.478. The van der Waals surface area contributed by atoms with E-state index >= 15 is 0 Å². The smallest absolute Gasteiger partial charge is 0.229 e. The molecule has 0 radical (unpaired) electrons. The molecular weight excluding hydrogens is 408 g/mol. The first-order chi connectivity index (χ1) is 15.6. The van der Waals surface area contributed by atoms with Crippen LogP contribution in [0.3, 0.4) is 0 Å². The molecule has 168 valence electrons. The highest BCUT2D eigenvalue weighted by molar-refractivity contribution is 5.94. The van der Waals surface area contributed by atoms with Gasteiger partial charge in [0.1, 0.15) is 6.23 Å². The number of Topliss-reactive ketones (excluding diaryl/α,β-unsaturated/α-hetero) is 1. The Morgan fingerprint density at radius 2 is 1.97 bits per heavy atom. The molecule has 1 N–H and O–H groups in total. The summed E-state index contributed by atoms with van der Waals surface area (Å²) < 4.78 is 13.7. The zero-order valence-electron chi connectivity index (χ0n) is 18.5. The van der Waals surface area contributed by atoms with Crippen molar-refractivity contribution in [3.05, 3.63) is 36.2 Å². The Kier molecular flexibility index (Phi) is 5.75. The molecule has 0 bridgehead atoms. The average molecular weight is 437 g/mol. The molecule has 2 fully saturated rings. The molecule has 3 aromatic rings. The lowest BCUT2D eigenvalue weighted by Crippen LogP contribution is -2.42. The molecule has 9 heteroatoms. The van der Waals surface area contributed by atoms with Crippen molar-refractivity contribution in [1.82, 2.24) is 19.5 Å². The van der Waals surface area contributed by atoms with Gasteiger partial charge in [-0.1, -0.05) is 0 Å². The Labute approximate surface area is 186 Å². The first-order valence-corrected chi connectivity index (χ1v) is 11.2. The van der Waals surface area contributed by atoms with Crippen molar-refractivity contribution in [2.24, 2.45) is 0 Å². The van der Waals surface area contributed by atoms with Crippen LogP contribution in [0.1, 0.15) is 49.7 Å². The molecule has 0 amide bonds. The van der Waals surface area contributed by atoms with Gasteiger partial charge in [-0.15, -0.1) is 0 Å². The minimum Gasteiger partial charge on any atom is -0.375 e. The summed E-state index contributed by atoms with van der Waals surface area (Å²) in [5, 5.41) is 3.38. The molecular formula is C23H28N6O3. The van der Waals surface area contributed by atoms with Crippen molar-refractivity contribution in [3.63, 3.8) is 0 Å². The quantitative estimate of drug-likeness (QED) is 0.605. The predicted octanol–water partition coefficient (Wildman–Crippen LogP) is 3.70. The third kappa shape index (κ3) is 4.18. The minimum absolute atomic E-state index is 0.0379. The van der Waals surface area contributed by atoms with Crippen molar-refractivity contribution < 1.29 is 14.3 Å². The minimum atomic E-state index is -0.0668. The molecule has 2 unspecified atom stereocenters. The van der Waals surface area contributed by atoms with Crippen LogP contribution in [-0.2, 0) is 9.47 Å². The normalized spacial score (nSPS) is 21.6. The van der Waals surface area contributed by atoms with Gasteiger partial charge in [0.2, 0.25) is 5.95 Å². The zero-order valence-corrected chi connectivity index (χ0v) is 18.5. The van der Waals surface area contributed by atoms with Crippen LogP contribution in [-0.4, -0.2) is 57.7 Å². The largest absolute Gasteiger partial charge is 0.375 e. The molecule has 0 spiro atoms. The number of carbonyl (C=O) groups excluding carboxylic acids is 1. The average Bonchev–Trinajstić information content (AvgIpc) is 3.24. The number of ketones is 1. The highest BCUT2D eigenvalue weighted by Crippen LogP contribution is 2.31. The summed E-state index contributed by atoms with van der Waals surface area (Å²) in [5.41, 5.74) is 2.95. The van der Waals surface area contributed by atoms with E-state index in [0.717, 1.165) is 50.3 Å². The summed E-state index contributed by atoms with van der Waals surface area (Å²) in [6, 6.07) is 7.37. The van der Waals surface area contributed by atoms with Crippen molar-refractivity contribution in [1.29, 1.82) is 0 Å². The van der Waals surface area contributed by atoms with Gasteiger partial charge in [0.25, 0.3) is 0 Å². The maximum atomic E-state index is 11.6. The number of ether oxygens (including phenoxy) is 2. The van der Waals surface area contributed by atoms with Gasteiger partial charge in [0, 0.05) is 30.9 Å². The van der Waals surface area contributed by atoms with Crippen molar-refractivity contribution in [2.45, 2.75) is 45.4 Å². The Hall–Kier alpha value is -3.04. The number of morpholine rings is 1. The number of nitrogens with zero attached hydrogens (tertiary/aromatic N) is 5. The molecule has 1 aromatic carbocycles. The van der Waals surface area contributed by atoms with E-state index < -0.39 is 0 Å². The monoisotopic (exact) mass is 436 g/mol. The standard InChI is InChI=1S/C23H28N6O3/c1-15-13-28(10-12-31-15)23-26-21(25-18-8-6-17(7-9-18)16(2)30)20-22(27-23)29(14-24-20)19-5-3-4-11-32-19/h6-9,14-15,19H,3-5,10-13H2,1-2H3,(H,25,26,27). The van der Waals surface area contributed by atoms with E-state index in [1.54, 1.807) is 13.3 Å². The van der Waals surface area contributed by atoms with Crippen molar-refractivity contribution >= 4 is 34.4 Å². The van der Waals surface area contributed by atoms with Gasteiger partial charge < -0.3 is 19.7 Å². The topological polar surface area (TPSA) is 94.4 Å². The van der Waals surface area contributed by atoms with Crippen LogP contribution in [0.5, 0.6) is 0 Å². The molecule has 2 aromatic heterocycles. The van der Waals surface area contributed by atoms with Gasteiger partial charge in [-0.3, -0.25) is 9.36 Å². The molecule has 2 saturated heterocycles. The number of hydrogen-bond acceptors (Lipinski definition) is 8. The summed E-state index contributed by atoms with van der Waals surface area (Å²) in [7, 11) is 0. The molecule has 0 aliphatic carbocycles. The van der Waals surface area contributed by atoms with Crippen molar-refractivity contribution in [2.75, 3.05) is 36.5 Å². The fourth-order valence-corrected chi connectivity index (χ4v) is 4.21. The number of nitrogens with one attached hydrogen (secondary N) is 1. The highest BCUT2D eigenvalue weighted by atomic mass is 16.5. The molecule has 4 heterocycles. The number of imidazole rings is 1. The Balaban J connectivity index is 1.55. The Morgan fingerprint density at radius 1 is 1.12 bits per heavy atom. The molecule has 9 nitrogen and oxygen atoms in total. The number of carbonyl (C=O) groups is 1. The predicted molar refractivity (Wildman–Crippen MR) is 122 cm³/mol. The van der Waals surface area contributed by atoms with Crippen LogP contribution >= 0.6 is 0 Å². The van der Waals surface area contributed by atoms with Crippen molar-refractivity contribution in [3.8, 4) is 0 Å². The lowest BCUT2D eigenvalue weighted by atomic mass is 10.1. The second kappa shape index (κ2) is 8.84. The van der Waals surface area contributed by atoms with Gasteiger partial charge in [-0.2, -0.15) is 9.97 Å². The number of rotatable bonds is 5. The van der Waals surface area contributed by atoms with Gasteiger partial charge in [0.05, 0.1) is 19.0 Å². The van der Waals surface area contributed by atoms with Crippen LogP contribution < -0.4 is 10.2 Å². The zero-order chi connectivity index (χ0) is 22.1. The van der Waals surface area contributed by atoms with E-state index in [1.165, 1.54) is 0 Å². The molecule has 32 heavy (non-hydrogen) atoms. The van der Waals surface area contributed by atoms with Crippen LogP contribution in [0.4, 0.5) is 17.5 Å². The first-order valence-electron chi connectivity index (χ1n) is 11.2. The molecule has 5 rings (SSSR count). The lowest BCUT2D eigenvalue weighted by molar-refractivity contribution is -0.0298. The van der Waals surface area contributed by atoms with E-state index in [1.807, 2.05) is 28.8 Å². The van der Waals surface area contributed by atoms with Gasteiger partial charge in [-0.25, -0.2) is 4.98 Å². The SMILES string of the molecule is CC(=O)c1ccc(Nc2nc(N3CCOC(C)C3)nc3c2ncn3C2CCCCO2)cc1. The number of benzene rings is 1. The Bertz CT molecular complexity index is 1110. The number of fused-ring (bicyclic) bond motifs is 1. The summed E-state index contributed by atoms with van der Waals surface area (Å²) in [6.45, 7) is 6.47. The summed E-state index contributed by atoms with van der Waals surface area (Å²) >= 11 is 0. The lowest BCUT2D eigenvalue weighted by Gasteiger charge is -2.31. The summed E-state index contributed by atoms with van der Waals surface area (Å²) in [4.78, 5) is 28.1.